The molecule has 3 heterocycles. The van der Waals surface area contributed by atoms with E-state index in [1.54, 1.807) is 11.3 Å². The van der Waals surface area contributed by atoms with Gasteiger partial charge in [-0.05, 0) is 57.2 Å². The number of nitrogens with one attached hydrogen (secondary N) is 1. The largest absolute Gasteiger partial charge is 0.325 e. The minimum absolute atomic E-state index is 0.0415. The van der Waals surface area contributed by atoms with Crippen LogP contribution in [0.1, 0.15) is 47.9 Å². The molecule has 5 nitrogen and oxygen atoms in total. The molecule has 0 radical (unpaired) electrons. The molecule has 0 saturated carbocycles. The first kappa shape index (κ1) is 18.7. The molecule has 1 aliphatic rings. The minimum Gasteiger partial charge on any atom is -0.325 e. The van der Waals surface area contributed by atoms with Crippen LogP contribution in [0, 0.1) is 25.2 Å². The van der Waals surface area contributed by atoms with Crippen molar-refractivity contribution in [3.05, 3.63) is 39.2 Å². The van der Waals surface area contributed by atoms with Crippen LogP contribution in [0.4, 0.5) is 5.82 Å². The molecule has 2 aromatic heterocycles. The number of rotatable bonds is 5. The molecule has 0 aromatic carbocycles. The Morgan fingerprint density at radius 3 is 2.88 bits per heavy atom. The van der Waals surface area contributed by atoms with Crippen LogP contribution in [0.3, 0.4) is 0 Å². The number of thiophene rings is 1. The molecule has 1 aliphatic heterocycles. The summed E-state index contributed by atoms with van der Waals surface area (Å²) in [4.78, 5) is 16.1. The summed E-state index contributed by atoms with van der Waals surface area (Å²) in [6.07, 6.45) is 3.53. The number of nitriles is 1. The second-order valence-corrected chi connectivity index (χ2v) is 8.11. The highest BCUT2D eigenvalue weighted by molar-refractivity contribution is 7.09. The molecule has 1 amide bonds. The van der Waals surface area contributed by atoms with Gasteiger partial charge in [-0.2, -0.15) is 5.26 Å². The maximum absolute atomic E-state index is 12.7. The van der Waals surface area contributed by atoms with Crippen LogP contribution in [-0.4, -0.2) is 34.5 Å². The molecule has 1 fully saturated rings. The first-order chi connectivity index (χ1) is 12.5. The lowest BCUT2D eigenvalue weighted by Gasteiger charge is -2.32. The maximum Gasteiger partial charge on any atom is 0.239 e. The van der Waals surface area contributed by atoms with Crippen molar-refractivity contribution in [2.45, 2.75) is 52.6 Å². The van der Waals surface area contributed by atoms with Crippen molar-refractivity contribution in [3.63, 3.8) is 0 Å². The number of aromatic nitrogens is 1. The van der Waals surface area contributed by atoms with Gasteiger partial charge in [0.2, 0.25) is 5.91 Å². The highest BCUT2D eigenvalue weighted by Crippen LogP contribution is 2.28. The molecule has 0 aliphatic carbocycles. The van der Waals surface area contributed by atoms with Crippen LogP contribution in [0.5, 0.6) is 0 Å². The van der Waals surface area contributed by atoms with Gasteiger partial charge in [-0.15, -0.1) is 11.3 Å². The van der Waals surface area contributed by atoms with Crippen molar-refractivity contribution < 1.29 is 4.79 Å². The normalized spacial score (nSPS) is 17.8. The van der Waals surface area contributed by atoms with Crippen LogP contribution in [0.2, 0.25) is 0 Å². The van der Waals surface area contributed by atoms with E-state index >= 15 is 0 Å². The molecule has 0 bridgehead atoms. The molecule has 26 heavy (non-hydrogen) atoms. The van der Waals surface area contributed by atoms with Crippen LogP contribution in [0.15, 0.2) is 17.5 Å². The third-order valence-electron chi connectivity index (χ3n) is 5.38. The highest BCUT2D eigenvalue weighted by Gasteiger charge is 2.23. The first-order valence-electron chi connectivity index (χ1n) is 9.17. The Labute approximate surface area is 159 Å². The molecule has 6 heteroatoms. The van der Waals surface area contributed by atoms with Crippen LogP contribution in [-0.2, 0) is 11.3 Å². The second-order valence-electron chi connectivity index (χ2n) is 7.07. The smallest absolute Gasteiger partial charge is 0.239 e. The lowest BCUT2D eigenvalue weighted by molar-refractivity contribution is -0.118. The lowest BCUT2D eigenvalue weighted by atomic mass is 10.0. The molecule has 1 atom stereocenters. The van der Waals surface area contributed by atoms with E-state index in [-0.39, 0.29) is 5.91 Å². The summed E-state index contributed by atoms with van der Waals surface area (Å²) in [5.74, 6) is 0.589. The third kappa shape index (κ3) is 3.84. The van der Waals surface area contributed by atoms with Crippen LogP contribution >= 0.6 is 11.3 Å². The SMILES string of the molecule is Cc1c(C#N)c(NC(=O)CN2CCCC[C@H]2C)n(Cc2cccs2)c1C. The van der Waals surface area contributed by atoms with E-state index in [0.717, 1.165) is 30.6 Å². The predicted molar refractivity (Wildman–Crippen MR) is 106 cm³/mol. The molecule has 0 unspecified atom stereocenters. The molecular formula is C20H26N4OS. The Morgan fingerprint density at radius 2 is 2.23 bits per heavy atom. The highest BCUT2D eigenvalue weighted by atomic mass is 32.1. The molecule has 3 rings (SSSR count). The monoisotopic (exact) mass is 370 g/mol. The molecule has 2 aromatic rings. The van der Waals surface area contributed by atoms with E-state index in [0.29, 0.717) is 30.5 Å². The fourth-order valence-electron chi connectivity index (χ4n) is 3.63. The van der Waals surface area contributed by atoms with Gasteiger partial charge in [0, 0.05) is 16.6 Å². The van der Waals surface area contributed by atoms with Crippen molar-refractivity contribution in [2.24, 2.45) is 0 Å². The summed E-state index contributed by atoms with van der Waals surface area (Å²) in [6.45, 7) is 8.15. The quantitative estimate of drug-likeness (QED) is 0.868. The summed E-state index contributed by atoms with van der Waals surface area (Å²) in [7, 11) is 0. The first-order valence-corrected chi connectivity index (χ1v) is 10.0. The summed E-state index contributed by atoms with van der Waals surface area (Å²) in [6, 6.07) is 6.81. The molecule has 0 spiro atoms. The van der Waals surface area contributed by atoms with E-state index in [1.165, 1.54) is 11.3 Å². The third-order valence-corrected chi connectivity index (χ3v) is 6.24. The van der Waals surface area contributed by atoms with Gasteiger partial charge in [-0.3, -0.25) is 9.69 Å². The number of carbonyl (C=O) groups is 1. The number of nitrogens with zero attached hydrogens (tertiary/aromatic N) is 3. The number of hydrogen-bond donors (Lipinski definition) is 1. The Balaban J connectivity index is 1.82. The van der Waals surface area contributed by atoms with Crippen LogP contribution < -0.4 is 5.32 Å². The van der Waals surface area contributed by atoms with E-state index in [1.807, 2.05) is 25.3 Å². The molecule has 138 valence electrons. The molecular weight excluding hydrogens is 344 g/mol. The topological polar surface area (TPSA) is 61.1 Å². The van der Waals surface area contributed by atoms with Crippen molar-refractivity contribution in [1.29, 1.82) is 5.26 Å². The fraction of sp³-hybridized carbons (Fsp3) is 0.500. The van der Waals surface area contributed by atoms with E-state index < -0.39 is 0 Å². The van der Waals surface area contributed by atoms with Crippen molar-refractivity contribution in [3.8, 4) is 6.07 Å². The number of carbonyl (C=O) groups excluding carboxylic acids is 1. The van der Waals surface area contributed by atoms with Crippen molar-refractivity contribution in [2.75, 3.05) is 18.4 Å². The fourth-order valence-corrected chi connectivity index (χ4v) is 4.33. The van der Waals surface area contributed by atoms with Gasteiger partial charge in [0.15, 0.2) is 0 Å². The van der Waals surface area contributed by atoms with Gasteiger partial charge in [0.25, 0.3) is 0 Å². The summed E-state index contributed by atoms with van der Waals surface area (Å²) >= 11 is 1.68. The molecule has 1 saturated heterocycles. The average molecular weight is 371 g/mol. The zero-order valence-corrected chi connectivity index (χ0v) is 16.5. The van der Waals surface area contributed by atoms with Gasteiger partial charge in [-0.1, -0.05) is 12.5 Å². The Kier molecular flexibility index (Phi) is 5.80. The average Bonchev–Trinajstić information content (AvgIpc) is 3.20. The van der Waals surface area contributed by atoms with Crippen LogP contribution in [0.25, 0.3) is 0 Å². The summed E-state index contributed by atoms with van der Waals surface area (Å²) < 4.78 is 2.05. The second kappa shape index (κ2) is 8.07. The summed E-state index contributed by atoms with van der Waals surface area (Å²) in [5.41, 5.74) is 2.53. The predicted octanol–water partition coefficient (Wildman–Crippen LogP) is 3.90. The van der Waals surface area contributed by atoms with Gasteiger partial charge >= 0.3 is 0 Å². The van der Waals surface area contributed by atoms with Crippen molar-refractivity contribution in [1.82, 2.24) is 9.47 Å². The zero-order valence-electron chi connectivity index (χ0n) is 15.7. The Bertz CT molecular complexity index is 816. The summed E-state index contributed by atoms with van der Waals surface area (Å²) in [5, 5.41) is 14.7. The molecule has 1 N–H and O–H groups in total. The standard InChI is InChI=1S/C20H26N4OS/c1-14-7-4-5-9-23(14)13-19(25)22-20-18(11-21)15(2)16(3)24(20)12-17-8-6-10-26-17/h6,8,10,14H,4-5,7,9,12-13H2,1-3H3,(H,22,25)/t14-/m1/s1. The zero-order chi connectivity index (χ0) is 18.7. The number of hydrogen-bond acceptors (Lipinski definition) is 4. The number of likely N-dealkylation sites (tertiary alicyclic amines) is 1. The van der Waals surface area contributed by atoms with Gasteiger partial charge in [0.05, 0.1) is 18.7 Å². The van der Waals surface area contributed by atoms with Gasteiger partial charge < -0.3 is 9.88 Å². The minimum atomic E-state index is -0.0415. The maximum atomic E-state index is 12.7. The Hall–Kier alpha value is -2.10. The number of piperidine rings is 1. The van der Waals surface area contributed by atoms with E-state index in [9.17, 15) is 10.1 Å². The Morgan fingerprint density at radius 1 is 1.42 bits per heavy atom. The number of anilines is 1. The van der Waals surface area contributed by atoms with Crippen molar-refractivity contribution >= 4 is 23.1 Å². The van der Waals surface area contributed by atoms with Gasteiger partial charge in [-0.25, -0.2) is 0 Å². The lowest BCUT2D eigenvalue weighted by Crippen LogP contribution is -2.42. The van der Waals surface area contributed by atoms with E-state index in [4.69, 9.17) is 0 Å². The van der Waals surface area contributed by atoms with Gasteiger partial charge in [0.1, 0.15) is 11.9 Å². The number of amides is 1. The van der Waals surface area contributed by atoms with E-state index in [2.05, 4.69) is 33.8 Å².